The van der Waals surface area contributed by atoms with Crippen molar-refractivity contribution in [3.8, 4) is 5.75 Å². The van der Waals surface area contributed by atoms with E-state index in [4.69, 9.17) is 9.88 Å². The Hall–Kier alpha value is -1.67. The third kappa shape index (κ3) is 7.05. The molecule has 3 N–H and O–H groups in total. The number of hydrogen-bond acceptors (Lipinski definition) is 4. The van der Waals surface area contributed by atoms with Crippen molar-refractivity contribution in [3.63, 3.8) is 0 Å². The summed E-state index contributed by atoms with van der Waals surface area (Å²) < 4.78 is 39.6. The monoisotopic (exact) mass is 304 g/mol. The Morgan fingerprint density at radius 3 is 2.70 bits per heavy atom. The van der Waals surface area contributed by atoms with Gasteiger partial charge in [0.2, 0.25) is 15.9 Å². The van der Waals surface area contributed by atoms with Crippen LogP contribution in [0.2, 0.25) is 0 Å². The fourth-order valence-corrected chi connectivity index (χ4v) is 1.98. The van der Waals surface area contributed by atoms with Crippen LogP contribution in [0.15, 0.2) is 24.3 Å². The Kier molecular flexibility index (Phi) is 6.40. The molecule has 0 unspecified atom stereocenters. The van der Waals surface area contributed by atoms with Gasteiger partial charge in [0.1, 0.15) is 6.61 Å². The van der Waals surface area contributed by atoms with E-state index in [0.29, 0.717) is 0 Å². The van der Waals surface area contributed by atoms with Crippen molar-refractivity contribution in [3.05, 3.63) is 30.1 Å². The molecule has 0 atom stereocenters. The lowest BCUT2D eigenvalue weighted by molar-refractivity contribution is -0.121. The number of ether oxygens (including phenoxy) is 1. The van der Waals surface area contributed by atoms with Gasteiger partial charge in [-0.1, -0.05) is 12.1 Å². The number of rotatable bonds is 8. The SMILES string of the molecule is NS(=O)(=O)CCCC(=O)NCCOc1ccccc1F. The van der Waals surface area contributed by atoms with Crippen molar-refractivity contribution in [2.75, 3.05) is 18.9 Å². The summed E-state index contributed by atoms with van der Waals surface area (Å²) in [5.74, 6) is -0.875. The Morgan fingerprint density at radius 2 is 2.05 bits per heavy atom. The van der Waals surface area contributed by atoms with E-state index in [1.54, 1.807) is 12.1 Å². The van der Waals surface area contributed by atoms with Gasteiger partial charge < -0.3 is 10.1 Å². The summed E-state index contributed by atoms with van der Waals surface area (Å²) in [6.45, 7) is 0.338. The quantitative estimate of drug-likeness (QED) is 0.679. The van der Waals surface area contributed by atoms with Gasteiger partial charge in [0.25, 0.3) is 0 Å². The minimum atomic E-state index is -3.53. The maximum Gasteiger partial charge on any atom is 0.220 e. The molecule has 0 saturated heterocycles. The Balaban J connectivity index is 2.15. The number of primary sulfonamides is 1. The van der Waals surface area contributed by atoms with E-state index in [0.717, 1.165) is 0 Å². The molecule has 0 aliphatic heterocycles. The first-order chi connectivity index (χ1) is 9.38. The molecule has 0 heterocycles. The predicted molar refractivity (Wildman–Crippen MR) is 72.1 cm³/mol. The molecule has 1 aromatic rings. The van der Waals surface area contributed by atoms with Crippen LogP contribution in [0.25, 0.3) is 0 Å². The molecule has 8 heteroatoms. The fourth-order valence-electron chi connectivity index (χ4n) is 1.44. The second kappa shape index (κ2) is 7.81. The lowest BCUT2D eigenvalue weighted by Gasteiger charge is -2.08. The van der Waals surface area contributed by atoms with Gasteiger partial charge >= 0.3 is 0 Å². The summed E-state index contributed by atoms with van der Waals surface area (Å²) in [4.78, 5) is 11.3. The highest BCUT2D eigenvalue weighted by Gasteiger charge is 2.06. The first kappa shape index (κ1) is 16.4. The smallest absolute Gasteiger partial charge is 0.220 e. The highest BCUT2D eigenvalue weighted by atomic mass is 32.2. The van der Waals surface area contributed by atoms with Crippen LogP contribution >= 0.6 is 0 Å². The lowest BCUT2D eigenvalue weighted by atomic mass is 10.3. The normalized spacial score (nSPS) is 11.1. The van der Waals surface area contributed by atoms with Gasteiger partial charge in [-0.2, -0.15) is 0 Å². The molecule has 0 aliphatic carbocycles. The first-order valence-electron chi connectivity index (χ1n) is 6.03. The average molecular weight is 304 g/mol. The fraction of sp³-hybridized carbons (Fsp3) is 0.417. The van der Waals surface area contributed by atoms with Crippen LogP contribution in [0, 0.1) is 5.82 Å². The van der Waals surface area contributed by atoms with Gasteiger partial charge in [0, 0.05) is 6.42 Å². The summed E-state index contributed by atoms with van der Waals surface area (Å²) in [7, 11) is -3.53. The molecule has 1 amide bonds. The van der Waals surface area contributed by atoms with E-state index in [1.165, 1.54) is 12.1 Å². The van der Waals surface area contributed by atoms with Crippen LogP contribution < -0.4 is 15.2 Å². The first-order valence-corrected chi connectivity index (χ1v) is 7.74. The van der Waals surface area contributed by atoms with Crippen molar-refractivity contribution >= 4 is 15.9 Å². The highest BCUT2D eigenvalue weighted by molar-refractivity contribution is 7.89. The largest absolute Gasteiger partial charge is 0.489 e. The van der Waals surface area contributed by atoms with Crippen molar-refractivity contribution in [2.45, 2.75) is 12.8 Å². The number of hydrogen-bond donors (Lipinski definition) is 2. The number of carbonyl (C=O) groups excluding carboxylic acids is 1. The summed E-state index contributed by atoms with van der Waals surface area (Å²) in [5, 5.41) is 7.34. The molecule has 0 aromatic heterocycles. The van der Waals surface area contributed by atoms with E-state index in [9.17, 15) is 17.6 Å². The lowest BCUT2D eigenvalue weighted by Crippen LogP contribution is -2.28. The van der Waals surface area contributed by atoms with Crippen molar-refractivity contribution in [1.29, 1.82) is 0 Å². The zero-order valence-electron chi connectivity index (χ0n) is 10.8. The minimum Gasteiger partial charge on any atom is -0.489 e. The number of amides is 1. The molecule has 20 heavy (non-hydrogen) atoms. The van der Waals surface area contributed by atoms with Crippen molar-refractivity contribution < 1.29 is 22.3 Å². The van der Waals surface area contributed by atoms with E-state index < -0.39 is 15.8 Å². The molecule has 1 rings (SSSR count). The maximum absolute atomic E-state index is 13.2. The van der Waals surface area contributed by atoms with Gasteiger partial charge in [-0.25, -0.2) is 17.9 Å². The van der Waals surface area contributed by atoms with E-state index in [1.807, 2.05) is 0 Å². The third-order valence-corrected chi connectivity index (χ3v) is 3.21. The molecule has 1 aromatic carbocycles. The molecular weight excluding hydrogens is 287 g/mol. The molecule has 0 saturated carbocycles. The number of halogens is 1. The number of nitrogens with two attached hydrogens (primary N) is 1. The Labute approximate surface area is 117 Å². The number of nitrogens with one attached hydrogen (secondary N) is 1. The molecule has 0 aliphatic rings. The summed E-state index contributed by atoms with van der Waals surface area (Å²) >= 11 is 0. The summed E-state index contributed by atoms with van der Waals surface area (Å²) in [6.07, 6.45) is 0.231. The Morgan fingerprint density at radius 1 is 1.35 bits per heavy atom. The average Bonchev–Trinajstić information content (AvgIpc) is 2.35. The van der Waals surface area contributed by atoms with Crippen LogP contribution in [-0.2, 0) is 14.8 Å². The third-order valence-electron chi connectivity index (χ3n) is 2.35. The Bertz CT molecular complexity index is 548. The van der Waals surface area contributed by atoms with Gasteiger partial charge in [-0.05, 0) is 18.6 Å². The van der Waals surface area contributed by atoms with Gasteiger partial charge in [0.15, 0.2) is 11.6 Å². The molecule has 0 bridgehead atoms. The molecular formula is C12H17FN2O4S. The number of para-hydroxylation sites is 1. The molecule has 6 nitrogen and oxygen atoms in total. The topological polar surface area (TPSA) is 98.5 Å². The minimum absolute atomic E-state index is 0.0656. The predicted octanol–water partition coefficient (Wildman–Crippen LogP) is 0.389. The maximum atomic E-state index is 13.2. The highest BCUT2D eigenvalue weighted by Crippen LogP contribution is 2.14. The second-order valence-corrected chi connectivity index (χ2v) is 5.83. The zero-order chi connectivity index (χ0) is 15.0. The summed E-state index contributed by atoms with van der Waals surface area (Å²) in [6, 6.07) is 5.96. The molecule has 112 valence electrons. The van der Waals surface area contributed by atoms with Crippen LogP contribution in [0.5, 0.6) is 5.75 Å². The van der Waals surface area contributed by atoms with Crippen molar-refractivity contribution in [1.82, 2.24) is 5.32 Å². The van der Waals surface area contributed by atoms with E-state index in [-0.39, 0.29) is 43.4 Å². The number of carbonyl (C=O) groups is 1. The van der Waals surface area contributed by atoms with Crippen LogP contribution in [0.4, 0.5) is 4.39 Å². The standard InChI is InChI=1S/C12H17FN2O4S/c13-10-4-1-2-5-11(10)19-8-7-15-12(16)6-3-9-20(14,17)18/h1-2,4-5H,3,6-9H2,(H,15,16)(H2,14,17,18). The van der Waals surface area contributed by atoms with Crippen LogP contribution in [0.1, 0.15) is 12.8 Å². The molecule has 0 spiro atoms. The molecule has 0 fully saturated rings. The molecule has 0 radical (unpaired) electrons. The summed E-state index contributed by atoms with van der Waals surface area (Å²) in [5.41, 5.74) is 0. The second-order valence-electron chi connectivity index (χ2n) is 4.10. The number of sulfonamides is 1. The van der Waals surface area contributed by atoms with E-state index >= 15 is 0 Å². The van der Waals surface area contributed by atoms with Crippen LogP contribution in [-0.4, -0.2) is 33.2 Å². The van der Waals surface area contributed by atoms with E-state index in [2.05, 4.69) is 5.32 Å². The number of benzene rings is 1. The van der Waals surface area contributed by atoms with Crippen LogP contribution in [0.3, 0.4) is 0 Å². The van der Waals surface area contributed by atoms with Gasteiger partial charge in [0.05, 0.1) is 12.3 Å². The van der Waals surface area contributed by atoms with Gasteiger partial charge in [-0.15, -0.1) is 0 Å². The van der Waals surface area contributed by atoms with Gasteiger partial charge in [-0.3, -0.25) is 4.79 Å². The zero-order valence-corrected chi connectivity index (χ0v) is 11.7. The van der Waals surface area contributed by atoms with Crippen molar-refractivity contribution in [2.24, 2.45) is 5.14 Å².